The molecule has 0 saturated carbocycles. The highest BCUT2D eigenvalue weighted by Crippen LogP contribution is 2.25. The highest BCUT2D eigenvalue weighted by atomic mass is 35.5. The third kappa shape index (κ3) is 2.49. The molecular formula is C10H13ClO2S. The second kappa shape index (κ2) is 3.91. The molecule has 1 rings (SSSR count). The Bertz CT molecular complexity index is 435. The van der Waals surface area contributed by atoms with Gasteiger partial charge in [0.15, 0.2) is 9.84 Å². The Morgan fingerprint density at radius 1 is 1.29 bits per heavy atom. The molecule has 0 atom stereocenters. The predicted molar refractivity (Wildman–Crippen MR) is 58.7 cm³/mol. The van der Waals surface area contributed by atoms with E-state index in [1.165, 1.54) is 6.26 Å². The van der Waals surface area contributed by atoms with Gasteiger partial charge in [-0.15, -0.1) is 0 Å². The average Bonchev–Trinajstić information content (AvgIpc) is 2.02. The first-order valence-corrected chi connectivity index (χ1v) is 6.59. The summed E-state index contributed by atoms with van der Waals surface area (Å²) in [5, 5.41) is 0.289. The molecule has 0 radical (unpaired) electrons. The molecule has 14 heavy (non-hydrogen) atoms. The topological polar surface area (TPSA) is 34.1 Å². The number of sulfone groups is 1. The third-order valence-electron chi connectivity index (χ3n) is 2.02. The van der Waals surface area contributed by atoms with E-state index in [0.717, 1.165) is 5.56 Å². The van der Waals surface area contributed by atoms with Crippen molar-refractivity contribution < 1.29 is 8.42 Å². The maximum Gasteiger partial charge on any atom is 0.177 e. The summed E-state index contributed by atoms with van der Waals surface area (Å²) in [7, 11) is -3.22. The van der Waals surface area contributed by atoms with Crippen LogP contribution in [0.5, 0.6) is 0 Å². The maximum atomic E-state index is 11.3. The number of hydrogen-bond acceptors (Lipinski definition) is 2. The number of halogens is 1. The molecule has 0 unspecified atom stereocenters. The Morgan fingerprint density at radius 2 is 1.86 bits per heavy atom. The van der Waals surface area contributed by atoms with Crippen molar-refractivity contribution in [3.63, 3.8) is 0 Å². The summed E-state index contributed by atoms with van der Waals surface area (Å²) in [6, 6.07) is 5.12. The van der Waals surface area contributed by atoms with Crippen LogP contribution >= 0.6 is 11.6 Å². The van der Waals surface area contributed by atoms with E-state index in [-0.39, 0.29) is 9.92 Å². The molecule has 0 heterocycles. The van der Waals surface area contributed by atoms with Crippen LogP contribution in [0.3, 0.4) is 0 Å². The molecule has 0 aliphatic rings. The minimum atomic E-state index is -3.22. The van der Waals surface area contributed by atoms with Crippen LogP contribution in [0.25, 0.3) is 0 Å². The van der Waals surface area contributed by atoms with Crippen LogP contribution in [-0.2, 0) is 9.84 Å². The predicted octanol–water partition coefficient (Wildman–Crippen LogP) is 2.87. The lowest BCUT2D eigenvalue weighted by Gasteiger charge is -2.08. The van der Waals surface area contributed by atoms with Crippen molar-refractivity contribution in [2.75, 3.05) is 6.26 Å². The summed E-state index contributed by atoms with van der Waals surface area (Å²) in [6.45, 7) is 4.02. The van der Waals surface area contributed by atoms with Crippen LogP contribution in [0, 0.1) is 0 Å². The summed E-state index contributed by atoms with van der Waals surface area (Å²) in [4.78, 5) is 0.213. The lowest BCUT2D eigenvalue weighted by atomic mass is 10.0. The summed E-state index contributed by atoms with van der Waals surface area (Å²) < 4.78 is 22.7. The molecule has 0 aromatic heterocycles. The Morgan fingerprint density at radius 3 is 2.29 bits per heavy atom. The van der Waals surface area contributed by atoms with E-state index in [1.807, 2.05) is 19.9 Å². The third-order valence-corrected chi connectivity index (χ3v) is 3.60. The van der Waals surface area contributed by atoms with Crippen LogP contribution in [0.4, 0.5) is 0 Å². The van der Waals surface area contributed by atoms with Gasteiger partial charge < -0.3 is 0 Å². The Labute approximate surface area is 89.8 Å². The SMILES string of the molecule is CC(C)c1ccc(Cl)c(S(C)(=O)=O)c1. The highest BCUT2D eigenvalue weighted by molar-refractivity contribution is 7.90. The monoisotopic (exact) mass is 232 g/mol. The zero-order chi connectivity index (χ0) is 10.9. The summed E-state index contributed by atoms with van der Waals surface area (Å²) in [5.41, 5.74) is 0.981. The molecule has 0 fully saturated rings. The first-order valence-electron chi connectivity index (χ1n) is 4.32. The summed E-state index contributed by atoms with van der Waals surface area (Å²) in [5.74, 6) is 0.299. The molecule has 1 aromatic carbocycles. The maximum absolute atomic E-state index is 11.3. The quantitative estimate of drug-likeness (QED) is 0.786. The fraction of sp³-hybridized carbons (Fsp3) is 0.400. The van der Waals surface area contributed by atoms with Crippen molar-refractivity contribution in [3.05, 3.63) is 28.8 Å². The molecule has 0 spiro atoms. The van der Waals surface area contributed by atoms with Crippen molar-refractivity contribution in [3.8, 4) is 0 Å². The molecule has 0 aliphatic heterocycles. The van der Waals surface area contributed by atoms with Gasteiger partial charge in [0, 0.05) is 6.26 Å². The van der Waals surface area contributed by atoms with Crippen LogP contribution in [-0.4, -0.2) is 14.7 Å². The van der Waals surface area contributed by atoms with Gasteiger partial charge in [-0.05, 0) is 23.6 Å². The Balaban J connectivity index is 3.37. The van der Waals surface area contributed by atoms with Gasteiger partial charge in [-0.3, -0.25) is 0 Å². The first-order chi connectivity index (χ1) is 6.32. The molecule has 0 N–H and O–H groups in total. The minimum Gasteiger partial charge on any atom is -0.224 e. The van der Waals surface area contributed by atoms with Gasteiger partial charge >= 0.3 is 0 Å². The van der Waals surface area contributed by atoms with Gasteiger partial charge in [0.2, 0.25) is 0 Å². The van der Waals surface area contributed by atoms with Gasteiger partial charge in [-0.25, -0.2) is 8.42 Å². The van der Waals surface area contributed by atoms with Crippen molar-refractivity contribution in [1.82, 2.24) is 0 Å². The summed E-state index contributed by atoms with van der Waals surface area (Å²) in [6.07, 6.45) is 1.16. The van der Waals surface area contributed by atoms with E-state index in [0.29, 0.717) is 5.92 Å². The largest absolute Gasteiger partial charge is 0.224 e. The van der Waals surface area contributed by atoms with E-state index in [9.17, 15) is 8.42 Å². The minimum absolute atomic E-state index is 0.213. The zero-order valence-corrected chi connectivity index (χ0v) is 9.98. The fourth-order valence-corrected chi connectivity index (χ4v) is 2.47. The standard InChI is InChI=1S/C10H13ClO2S/c1-7(2)8-4-5-9(11)10(6-8)14(3,12)13/h4-7H,1-3H3. The Hall–Kier alpha value is -0.540. The second-order valence-corrected chi connectivity index (χ2v) is 6.01. The number of hydrogen-bond donors (Lipinski definition) is 0. The van der Waals surface area contributed by atoms with E-state index in [4.69, 9.17) is 11.6 Å². The van der Waals surface area contributed by atoms with Gasteiger partial charge in [-0.1, -0.05) is 31.5 Å². The lowest BCUT2D eigenvalue weighted by molar-refractivity contribution is 0.601. The van der Waals surface area contributed by atoms with Crippen molar-refractivity contribution in [2.45, 2.75) is 24.7 Å². The van der Waals surface area contributed by atoms with Gasteiger partial charge in [0.25, 0.3) is 0 Å². The van der Waals surface area contributed by atoms with Crippen LogP contribution in [0.1, 0.15) is 25.3 Å². The average molecular weight is 233 g/mol. The second-order valence-electron chi connectivity index (χ2n) is 3.62. The van der Waals surface area contributed by atoms with Gasteiger partial charge in [-0.2, -0.15) is 0 Å². The van der Waals surface area contributed by atoms with Crippen LogP contribution < -0.4 is 0 Å². The van der Waals surface area contributed by atoms with E-state index in [2.05, 4.69) is 0 Å². The number of benzene rings is 1. The molecule has 1 aromatic rings. The van der Waals surface area contributed by atoms with Crippen molar-refractivity contribution >= 4 is 21.4 Å². The molecular weight excluding hydrogens is 220 g/mol. The Kier molecular flexibility index (Phi) is 3.22. The highest BCUT2D eigenvalue weighted by Gasteiger charge is 2.13. The number of rotatable bonds is 2. The molecule has 78 valence electrons. The summed E-state index contributed by atoms with van der Waals surface area (Å²) >= 11 is 5.81. The molecule has 0 aliphatic carbocycles. The fourth-order valence-electron chi connectivity index (χ4n) is 1.16. The lowest BCUT2D eigenvalue weighted by Crippen LogP contribution is -2.00. The van der Waals surface area contributed by atoms with Crippen LogP contribution in [0.2, 0.25) is 5.02 Å². The normalized spacial score (nSPS) is 12.1. The molecule has 0 bridgehead atoms. The van der Waals surface area contributed by atoms with Gasteiger partial charge in [0.05, 0.1) is 9.92 Å². The van der Waals surface area contributed by atoms with E-state index < -0.39 is 9.84 Å². The van der Waals surface area contributed by atoms with Crippen LogP contribution in [0.15, 0.2) is 23.1 Å². The van der Waals surface area contributed by atoms with Crippen molar-refractivity contribution in [2.24, 2.45) is 0 Å². The van der Waals surface area contributed by atoms with Gasteiger partial charge in [0.1, 0.15) is 0 Å². The van der Waals surface area contributed by atoms with E-state index in [1.54, 1.807) is 12.1 Å². The molecule has 4 heteroatoms. The van der Waals surface area contributed by atoms with Crippen molar-refractivity contribution in [1.29, 1.82) is 0 Å². The molecule has 0 amide bonds. The first kappa shape index (κ1) is 11.5. The molecule has 2 nitrogen and oxygen atoms in total. The molecule has 0 saturated heterocycles. The van der Waals surface area contributed by atoms with E-state index >= 15 is 0 Å². The zero-order valence-electron chi connectivity index (χ0n) is 8.41. The smallest absolute Gasteiger partial charge is 0.177 e.